The van der Waals surface area contributed by atoms with Crippen LogP contribution in [0.3, 0.4) is 0 Å². The lowest BCUT2D eigenvalue weighted by Crippen LogP contribution is -2.18. The van der Waals surface area contributed by atoms with Crippen molar-refractivity contribution >= 4 is 11.4 Å². The summed E-state index contributed by atoms with van der Waals surface area (Å²) in [5.41, 5.74) is 1.13. The molecular weight excluding hydrogens is 248 g/mol. The normalized spacial score (nSPS) is 11.5. The summed E-state index contributed by atoms with van der Waals surface area (Å²) in [5.74, 6) is 0. The molecule has 0 amide bonds. The maximum absolute atomic E-state index is 11.2. The van der Waals surface area contributed by atoms with Gasteiger partial charge in [0.1, 0.15) is 5.56 Å². The summed E-state index contributed by atoms with van der Waals surface area (Å²) in [6, 6.07) is 0. The highest BCUT2D eigenvalue weighted by Crippen LogP contribution is 2.42. The van der Waals surface area contributed by atoms with Crippen LogP contribution in [0.2, 0.25) is 0 Å². The van der Waals surface area contributed by atoms with Gasteiger partial charge in [0, 0.05) is 11.1 Å². The number of nitrogens with zero attached hydrogens (tertiary/aromatic N) is 2. The zero-order valence-corrected chi connectivity index (χ0v) is 12.0. The van der Waals surface area contributed by atoms with Crippen molar-refractivity contribution < 1.29 is 9.85 Å². The standard InChI is InChI=1S/C13H18N2O4/c1-7-10(13(4,5)6)8(2)12(15(18)19)9(3)11(7)14(16)17/h1-6H3. The molecule has 1 aromatic rings. The van der Waals surface area contributed by atoms with Gasteiger partial charge in [-0.3, -0.25) is 20.2 Å². The predicted octanol–water partition coefficient (Wildman–Crippen LogP) is 3.73. The minimum atomic E-state index is -0.535. The van der Waals surface area contributed by atoms with Crippen molar-refractivity contribution in [1.29, 1.82) is 0 Å². The van der Waals surface area contributed by atoms with Crippen LogP contribution >= 0.6 is 0 Å². The van der Waals surface area contributed by atoms with E-state index >= 15 is 0 Å². The summed E-state index contributed by atoms with van der Waals surface area (Å²) in [6.45, 7) is 10.4. The Morgan fingerprint density at radius 3 is 1.32 bits per heavy atom. The number of benzene rings is 1. The molecule has 0 aliphatic heterocycles. The molecule has 1 rings (SSSR count). The number of hydrogen-bond acceptors (Lipinski definition) is 4. The van der Waals surface area contributed by atoms with Crippen LogP contribution < -0.4 is 0 Å². The summed E-state index contributed by atoms with van der Waals surface area (Å²) in [7, 11) is 0. The fourth-order valence-corrected chi connectivity index (χ4v) is 2.87. The first-order chi connectivity index (χ1) is 8.50. The van der Waals surface area contributed by atoms with E-state index in [0.29, 0.717) is 16.7 Å². The summed E-state index contributed by atoms with van der Waals surface area (Å²) < 4.78 is 0. The first-order valence-electron chi connectivity index (χ1n) is 5.93. The number of nitro benzene ring substituents is 2. The van der Waals surface area contributed by atoms with Crippen LogP contribution in [0, 0.1) is 41.0 Å². The molecule has 0 aromatic heterocycles. The van der Waals surface area contributed by atoms with E-state index in [1.807, 2.05) is 20.8 Å². The van der Waals surface area contributed by atoms with Gasteiger partial charge in [-0.1, -0.05) is 20.8 Å². The Morgan fingerprint density at radius 2 is 1.11 bits per heavy atom. The molecule has 0 saturated carbocycles. The molecule has 0 saturated heterocycles. The van der Waals surface area contributed by atoms with Gasteiger partial charge in [-0.2, -0.15) is 0 Å². The SMILES string of the molecule is Cc1c([N+](=O)[O-])c(C)c(C(C)(C)C)c(C)c1[N+](=O)[O-]. The van der Waals surface area contributed by atoms with Gasteiger partial charge in [-0.25, -0.2) is 0 Å². The molecular formula is C13H18N2O4. The van der Waals surface area contributed by atoms with Gasteiger partial charge in [-0.05, 0) is 31.7 Å². The molecule has 0 radical (unpaired) electrons. The highest BCUT2D eigenvalue weighted by atomic mass is 16.6. The average Bonchev–Trinajstić information content (AvgIpc) is 2.12. The van der Waals surface area contributed by atoms with Crippen LogP contribution in [0.25, 0.3) is 0 Å². The van der Waals surface area contributed by atoms with E-state index in [0.717, 1.165) is 0 Å². The van der Waals surface area contributed by atoms with Crippen molar-refractivity contribution in [3.8, 4) is 0 Å². The summed E-state index contributed by atoms with van der Waals surface area (Å²) in [5, 5.41) is 22.4. The first-order valence-corrected chi connectivity index (χ1v) is 5.93. The van der Waals surface area contributed by atoms with Gasteiger partial charge in [0.15, 0.2) is 0 Å². The fourth-order valence-electron chi connectivity index (χ4n) is 2.87. The minimum Gasteiger partial charge on any atom is -0.258 e. The molecule has 0 unspecified atom stereocenters. The van der Waals surface area contributed by atoms with Crippen LogP contribution in [0.5, 0.6) is 0 Å². The third-order valence-electron chi connectivity index (χ3n) is 3.29. The molecule has 0 fully saturated rings. The Balaban J connectivity index is 3.97. The number of nitro groups is 2. The Hall–Kier alpha value is -1.98. The number of hydrogen-bond donors (Lipinski definition) is 0. The van der Waals surface area contributed by atoms with Crippen molar-refractivity contribution in [2.75, 3.05) is 0 Å². The third-order valence-corrected chi connectivity index (χ3v) is 3.29. The second kappa shape index (κ2) is 4.60. The van der Waals surface area contributed by atoms with Crippen LogP contribution in [0.4, 0.5) is 11.4 Å². The highest BCUT2D eigenvalue weighted by Gasteiger charge is 2.34. The van der Waals surface area contributed by atoms with E-state index in [-0.39, 0.29) is 16.9 Å². The van der Waals surface area contributed by atoms with Gasteiger partial charge in [-0.15, -0.1) is 0 Å². The molecule has 0 aliphatic carbocycles. The van der Waals surface area contributed by atoms with Crippen LogP contribution in [0.15, 0.2) is 0 Å². The van der Waals surface area contributed by atoms with Crippen LogP contribution in [-0.2, 0) is 5.41 Å². The van der Waals surface area contributed by atoms with Crippen molar-refractivity contribution in [3.63, 3.8) is 0 Å². The summed E-state index contributed by atoms with van der Waals surface area (Å²) in [6.07, 6.45) is 0. The second-order valence-corrected chi connectivity index (χ2v) is 5.71. The lowest BCUT2D eigenvalue weighted by Gasteiger charge is -2.24. The molecule has 6 nitrogen and oxygen atoms in total. The summed E-state index contributed by atoms with van der Waals surface area (Å²) >= 11 is 0. The van der Waals surface area contributed by atoms with Crippen molar-refractivity contribution in [2.24, 2.45) is 0 Å². The molecule has 0 bridgehead atoms. The zero-order valence-electron chi connectivity index (χ0n) is 12.0. The van der Waals surface area contributed by atoms with Gasteiger partial charge in [0.05, 0.1) is 9.85 Å². The van der Waals surface area contributed by atoms with Crippen LogP contribution in [0.1, 0.15) is 43.0 Å². The Labute approximate surface area is 111 Å². The van der Waals surface area contributed by atoms with Gasteiger partial charge >= 0.3 is 0 Å². The average molecular weight is 266 g/mol. The molecule has 0 heterocycles. The topological polar surface area (TPSA) is 86.3 Å². The zero-order chi connectivity index (χ0) is 15.1. The van der Waals surface area contributed by atoms with Crippen molar-refractivity contribution in [3.05, 3.63) is 42.5 Å². The van der Waals surface area contributed by atoms with Gasteiger partial charge in [0.2, 0.25) is 0 Å². The molecule has 19 heavy (non-hydrogen) atoms. The molecule has 0 spiro atoms. The Kier molecular flexibility index (Phi) is 3.65. The first kappa shape index (κ1) is 15.1. The third kappa shape index (κ3) is 2.43. The van der Waals surface area contributed by atoms with Crippen molar-refractivity contribution in [1.82, 2.24) is 0 Å². The maximum Gasteiger partial charge on any atom is 0.282 e. The molecule has 0 aliphatic rings. The predicted molar refractivity (Wildman–Crippen MR) is 72.7 cm³/mol. The van der Waals surface area contributed by atoms with E-state index in [1.165, 1.54) is 6.92 Å². The van der Waals surface area contributed by atoms with E-state index in [9.17, 15) is 20.2 Å². The second-order valence-electron chi connectivity index (χ2n) is 5.71. The quantitative estimate of drug-likeness (QED) is 0.602. The smallest absolute Gasteiger partial charge is 0.258 e. The maximum atomic E-state index is 11.2. The van der Waals surface area contributed by atoms with Gasteiger partial charge < -0.3 is 0 Å². The van der Waals surface area contributed by atoms with E-state index in [2.05, 4.69) is 0 Å². The lowest BCUT2D eigenvalue weighted by molar-refractivity contribution is -0.396. The summed E-state index contributed by atoms with van der Waals surface area (Å²) in [4.78, 5) is 21.3. The van der Waals surface area contributed by atoms with E-state index in [4.69, 9.17) is 0 Å². The van der Waals surface area contributed by atoms with E-state index < -0.39 is 15.3 Å². The molecule has 0 atom stereocenters. The van der Waals surface area contributed by atoms with E-state index in [1.54, 1.807) is 13.8 Å². The molecule has 104 valence electrons. The monoisotopic (exact) mass is 266 g/mol. The largest absolute Gasteiger partial charge is 0.282 e. The van der Waals surface area contributed by atoms with Gasteiger partial charge in [0.25, 0.3) is 11.4 Å². The number of rotatable bonds is 2. The Bertz CT molecular complexity index is 530. The lowest BCUT2D eigenvalue weighted by atomic mass is 9.79. The minimum absolute atomic E-state index is 0.123. The molecule has 0 N–H and O–H groups in total. The Morgan fingerprint density at radius 1 is 0.789 bits per heavy atom. The highest BCUT2D eigenvalue weighted by molar-refractivity contribution is 5.66. The fraction of sp³-hybridized carbons (Fsp3) is 0.538. The molecule has 6 heteroatoms. The molecule has 1 aromatic carbocycles. The van der Waals surface area contributed by atoms with Crippen molar-refractivity contribution in [2.45, 2.75) is 47.0 Å². The van der Waals surface area contributed by atoms with Crippen LogP contribution in [-0.4, -0.2) is 9.85 Å².